The molecule has 0 fully saturated rings. The molecule has 3 rings (SSSR count). The Morgan fingerprint density at radius 1 is 1.04 bits per heavy atom. The van der Waals surface area contributed by atoms with Gasteiger partial charge in [-0.1, -0.05) is 44.0 Å². The van der Waals surface area contributed by atoms with E-state index in [0.717, 1.165) is 35.7 Å². The second-order valence-corrected chi connectivity index (χ2v) is 5.88. The van der Waals surface area contributed by atoms with E-state index >= 15 is 0 Å². The van der Waals surface area contributed by atoms with Crippen LogP contribution in [0.5, 0.6) is 11.5 Å². The number of nitrogens with zero attached hydrogens (tertiary/aromatic N) is 1. The van der Waals surface area contributed by atoms with E-state index in [2.05, 4.69) is 19.1 Å². The Bertz CT molecular complexity index is 756. The molecule has 0 saturated heterocycles. The Hall–Kier alpha value is -2.73. The van der Waals surface area contributed by atoms with Crippen molar-refractivity contribution in [3.63, 3.8) is 0 Å². The third-order valence-corrected chi connectivity index (χ3v) is 4.08. The molecule has 0 aliphatic carbocycles. The van der Waals surface area contributed by atoms with E-state index in [-0.39, 0.29) is 6.10 Å². The average Bonchev–Trinajstić information content (AvgIpc) is 2.64. The van der Waals surface area contributed by atoms with Gasteiger partial charge >= 0.3 is 0 Å². The molecule has 0 bridgehead atoms. The first-order chi connectivity index (χ1) is 11.8. The predicted octanol–water partition coefficient (Wildman–Crippen LogP) is 5.53. The van der Waals surface area contributed by atoms with Crippen LogP contribution in [0.4, 0.5) is 0 Å². The van der Waals surface area contributed by atoms with Gasteiger partial charge in [0.25, 0.3) is 0 Å². The summed E-state index contributed by atoms with van der Waals surface area (Å²) in [4.78, 5) is 0. The number of benzene rings is 2. The lowest BCUT2D eigenvalue weighted by Crippen LogP contribution is -2.19. The van der Waals surface area contributed by atoms with Gasteiger partial charge in [-0.3, -0.25) is 0 Å². The highest BCUT2D eigenvalue weighted by molar-refractivity contribution is 5.45. The van der Waals surface area contributed by atoms with Gasteiger partial charge in [0.05, 0.1) is 11.6 Å². The number of hydrogen-bond donors (Lipinski definition) is 0. The van der Waals surface area contributed by atoms with Gasteiger partial charge in [-0.25, -0.2) is 0 Å². The standard InChI is InChI=1S/C21H21NO2/c1-2-3-4-5-10-20-21(17-13-11-16(15-22)12-14-17)24-19-9-7-6-8-18(19)23-20/h6-14,21H,2-5H2,1H3/b20-10+. The summed E-state index contributed by atoms with van der Waals surface area (Å²) >= 11 is 0. The second kappa shape index (κ2) is 7.70. The van der Waals surface area contributed by atoms with Crippen LogP contribution >= 0.6 is 0 Å². The lowest BCUT2D eigenvalue weighted by atomic mass is 10.0. The smallest absolute Gasteiger partial charge is 0.181 e. The van der Waals surface area contributed by atoms with Gasteiger partial charge in [0.2, 0.25) is 0 Å². The highest BCUT2D eigenvalue weighted by Crippen LogP contribution is 2.41. The fourth-order valence-electron chi connectivity index (χ4n) is 2.75. The Kier molecular flexibility index (Phi) is 5.18. The number of nitriles is 1. The van der Waals surface area contributed by atoms with Crippen molar-refractivity contribution in [3.8, 4) is 17.6 Å². The maximum atomic E-state index is 8.97. The van der Waals surface area contributed by atoms with Crippen molar-refractivity contribution in [2.75, 3.05) is 0 Å². The van der Waals surface area contributed by atoms with E-state index < -0.39 is 0 Å². The Morgan fingerprint density at radius 2 is 1.79 bits per heavy atom. The first-order valence-corrected chi connectivity index (χ1v) is 8.45. The van der Waals surface area contributed by atoms with E-state index in [1.807, 2.05) is 48.5 Å². The zero-order valence-corrected chi connectivity index (χ0v) is 13.9. The summed E-state index contributed by atoms with van der Waals surface area (Å²) in [5, 5.41) is 8.97. The summed E-state index contributed by atoms with van der Waals surface area (Å²) in [6.07, 6.45) is 6.39. The van der Waals surface area contributed by atoms with E-state index in [0.29, 0.717) is 5.56 Å². The average molecular weight is 319 g/mol. The van der Waals surface area contributed by atoms with Crippen LogP contribution in [0.1, 0.15) is 49.8 Å². The largest absolute Gasteiger partial charge is 0.474 e. The van der Waals surface area contributed by atoms with Gasteiger partial charge < -0.3 is 9.47 Å². The van der Waals surface area contributed by atoms with E-state index in [4.69, 9.17) is 14.7 Å². The van der Waals surface area contributed by atoms with Crippen molar-refractivity contribution in [2.24, 2.45) is 0 Å². The highest BCUT2D eigenvalue weighted by atomic mass is 16.6. The van der Waals surface area contributed by atoms with Crippen LogP contribution in [-0.4, -0.2) is 0 Å². The topological polar surface area (TPSA) is 42.2 Å². The first kappa shape index (κ1) is 16.1. The van der Waals surface area contributed by atoms with Crippen molar-refractivity contribution in [1.29, 1.82) is 5.26 Å². The van der Waals surface area contributed by atoms with Crippen LogP contribution in [0.25, 0.3) is 0 Å². The van der Waals surface area contributed by atoms with Crippen molar-refractivity contribution >= 4 is 0 Å². The normalized spacial score (nSPS) is 17.5. The Labute approximate surface area is 143 Å². The molecule has 2 aromatic rings. The van der Waals surface area contributed by atoms with Crippen LogP contribution < -0.4 is 9.47 Å². The second-order valence-electron chi connectivity index (χ2n) is 5.88. The van der Waals surface area contributed by atoms with Gasteiger partial charge in [0, 0.05) is 5.56 Å². The molecule has 0 amide bonds. The zero-order chi connectivity index (χ0) is 16.8. The number of rotatable bonds is 5. The summed E-state index contributed by atoms with van der Waals surface area (Å²) in [6, 6.07) is 17.4. The number of hydrogen-bond acceptors (Lipinski definition) is 3. The summed E-state index contributed by atoms with van der Waals surface area (Å²) < 4.78 is 12.3. The molecular formula is C21H21NO2. The molecule has 1 unspecified atom stereocenters. The molecule has 0 N–H and O–H groups in total. The van der Waals surface area contributed by atoms with Crippen molar-refractivity contribution < 1.29 is 9.47 Å². The first-order valence-electron chi connectivity index (χ1n) is 8.45. The quantitative estimate of drug-likeness (QED) is 0.680. The summed E-state index contributed by atoms with van der Waals surface area (Å²) in [7, 11) is 0. The minimum absolute atomic E-state index is 0.269. The fourth-order valence-corrected chi connectivity index (χ4v) is 2.75. The molecule has 1 heterocycles. The highest BCUT2D eigenvalue weighted by Gasteiger charge is 2.27. The van der Waals surface area contributed by atoms with Crippen LogP contribution in [0.2, 0.25) is 0 Å². The van der Waals surface area contributed by atoms with Crippen LogP contribution in [0.3, 0.4) is 0 Å². The molecule has 1 atom stereocenters. The van der Waals surface area contributed by atoms with Crippen LogP contribution in [-0.2, 0) is 0 Å². The summed E-state index contributed by atoms with van der Waals surface area (Å²) in [6.45, 7) is 2.20. The Balaban J connectivity index is 1.88. The van der Waals surface area contributed by atoms with Gasteiger partial charge in [-0.05, 0) is 43.2 Å². The minimum Gasteiger partial charge on any atom is -0.474 e. The van der Waals surface area contributed by atoms with Gasteiger partial charge in [-0.2, -0.15) is 5.26 Å². The third-order valence-electron chi connectivity index (χ3n) is 4.08. The molecule has 3 nitrogen and oxygen atoms in total. The Morgan fingerprint density at radius 3 is 2.50 bits per heavy atom. The third kappa shape index (κ3) is 3.60. The molecule has 1 aliphatic rings. The number of fused-ring (bicyclic) bond motifs is 1. The lowest BCUT2D eigenvalue weighted by Gasteiger charge is -2.29. The maximum absolute atomic E-state index is 8.97. The van der Waals surface area contributed by atoms with Crippen LogP contribution in [0, 0.1) is 11.3 Å². The van der Waals surface area contributed by atoms with E-state index in [9.17, 15) is 0 Å². The molecule has 122 valence electrons. The molecule has 0 spiro atoms. The predicted molar refractivity (Wildman–Crippen MR) is 93.8 cm³/mol. The van der Waals surface area contributed by atoms with E-state index in [1.54, 1.807) is 0 Å². The lowest BCUT2D eigenvalue weighted by molar-refractivity contribution is 0.147. The van der Waals surface area contributed by atoms with Gasteiger partial charge in [-0.15, -0.1) is 0 Å². The molecule has 24 heavy (non-hydrogen) atoms. The monoisotopic (exact) mass is 319 g/mol. The van der Waals surface area contributed by atoms with Crippen LogP contribution in [0.15, 0.2) is 60.4 Å². The van der Waals surface area contributed by atoms with Gasteiger partial charge in [0.1, 0.15) is 5.76 Å². The molecule has 0 aromatic heterocycles. The summed E-state index contributed by atoms with van der Waals surface area (Å²) in [5.41, 5.74) is 1.63. The minimum atomic E-state index is -0.269. The number of unbranched alkanes of at least 4 members (excludes halogenated alkanes) is 3. The molecule has 2 aromatic carbocycles. The molecule has 0 radical (unpaired) electrons. The number of ether oxygens (including phenoxy) is 2. The maximum Gasteiger partial charge on any atom is 0.181 e. The molecule has 1 aliphatic heterocycles. The van der Waals surface area contributed by atoms with Crippen molar-refractivity contribution in [2.45, 2.75) is 38.7 Å². The zero-order valence-electron chi connectivity index (χ0n) is 13.9. The number of para-hydroxylation sites is 2. The van der Waals surface area contributed by atoms with Crippen molar-refractivity contribution in [1.82, 2.24) is 0 Å². The van der Waals surface area contributed by atoms with Gasteiger partial charge in [0.15, 0.2) is 17.6 Å². The van der Waals surface area contributed by atoms with Crippen molar-refractivity contribution in [3.05, 3.63) is 71.5 Å². The van der Waals surface area contributed by atoms with E-state index in [1.165, 1.54) is 12.8 Å². The molecular weight excluding hydrogens is 298 g/mol. The molecule has 3 heteroatoms. The fraction of sp³-hybridized carbons (Fsp3) is 0.286. The molecule has 0 saturated carbocycles. The SMILES string of the molecule is CCCCC/C=C1/Oc2ccccc2OC1c1ccc(C#N)cc1. The number of allylic oxidation sites excluding steroid dienone is 1. The summed E-state index contributed by atoms with van der Waals surface area (Å²) in [5.74, 6) is 2.33.